The summed E-state index contributed by atoms with van der Waals surface area (Å²) in [4.78, 5) is 16.1. The van der Waals surface area contributed by atoms with Crippen molar-refractivity contribution in [3.8, 4) is 5.75 Å². The van der Waals surface area contributed by atoms with Crippen molar-refractivity contribution in [2.45, 2.75) is 6.92 Å². The van der Waals surface area contributed by atoms with Crippen molar-refractivity contribution in [2.24, 2.45) is 0 Å². The lowest BCUT2D eigenvalue weighted by atomic mass is 10.2. The molecule has 0 heterocycles. The number of nitrogens with one attached hydrogen (secondary N) is 1. The lowest BCUT2D eigenvalue weighted by Gasteiger charge is -2.07. The van der Waals surface area contributed by atoms with E-state index in [-0.39, 0.29) is 12.5 Å². The first kappa shape index (κ1) is 13.5. The van der Waals surface area contributed by atoms with E-state index in [1.165, 1.54) is 0 Å². The van der Waals surface area contributed by atoms with Crippen LogP contribution in [0.15, 0.2) is 24.3 Å². The average Bonchev–Trinajstić information content (AvgIpc) is 2.34. The van der Waals surface area contributed by atoms with Crippen LogP contribution in [0.25, 0.3) is 0 Å². The van der Waals surface area contributed by atoms with Crippen LogP contribution in [0.2, 0.25) is 0 Å². The highest BCUT2D eigenvalue weighted by Gasteiger charge is 2.02. The number of aryl methyl sites for hydroxylation is 1. The molecule has 94 valence electrons. The maximum absolute atomic E-state index is 11.2. The van der Waals surface area contributed by atoms with Crippen LogP contribution >= 0.6 is 0 Å². The van der Waals surface area contributed by atoms with Crippen LogP contribution in [-0.2, 0) is 14.4 Å². The van der Waals surface area contributed by atoms with Gasteiger partial charge in [0, 0.05) is 7.11 Å². The van der Waals surface area contributed by atoms with Crippen molar-refractivity contribution in [2.75, 3.05) is 26.9 Å². The molecule has 0 spiro atoms. The molecular formula is C12H17NO4. The Morgan fingerprint density at radius 1 is 1.24 bits per heavy atom. The quantitative estimate of drug-likeness (QED) is 0.571. The molecule has 0 saturated heterocycles. The van der Waals surface area contributed by atoms with Gasteiger partial charge in [-0.3, -0.25) is 9.63 Å². The molecule has 0 aliphatic carbocycles. The van der Waals surface area contributed by atoms with Crippen LogP contribution in [0, 0.1) is 6.92 Å². The van der Waals surface area contributed by atoms with E-state index in [0.717, 1.165) is 5.56 Å². The molecule has 0 fully saturated rings. The van der Waals surface area contributed by atoms with E-state index in [1.807, 2.05) is 31.2 Å². The molecule has 5 heteroatoms. The third kappa shape index (κ3) is 5.89. The molecular weight excluding hydrogens is 222 g/mol. The first-order valence-corrected chi connectivity index (χ1v) is 5.31. The average molecular weight is 239 g/mol. The largest absolute Gasteiger partial charge is 0.484 e. The molecule has 1 N–H and O–H groups in total. The normalized spacial score (nSPS) is 10.0. The Morgan fingerprint density at radius 3 is 2.59 bits per heavy atom. The third-order valence-electron chi connectivity index (χ3n) is 1.97. The van der Waals surface area contributed by atoms with Crippen LogP contribution in [-0.4, -0.2) is 32.8 Å². The highest BCUT2D eigenvalue weighted by Crippen LogP contribution is 2.10. The van der Waals surface area contributed by atoms with Gasteiger partial charge in [0.2, 0.25) is 0 Å². The van der Waals surface area contributed by atoms with Gasteiger partial charge in [0.1, 0.15) is 5.75 Å². The molecule has 0 bridgehead atoms. The summed E-state index contributed by atoms with van der Waals surface area (Å²) in [7, 11) is 1.56. The van der Waals surface area contributed by atoms with Crippen LogP contribution < -0.4 is 10.2 Å². The minimum Gasteiger partial charge on any atom is -0.484 e. The molecule has 0 aliphatic heterocycles. The first-order chi connectivity index (χ1) is 8.22. The van der Waals surface area contributed by atoms with Gasteiger partial charge < -0.3 is 9.47 Å². The van der Waals surface area contributed by atoms with Crippen LogP contribution in [0.4, 0.5) is 0 Å². The molecule has 1 aromatic carbocycles. The Labute approximate surface area is 101 Å². The Kier molecular flexibility index (Phi) is 6.06. The number of carbonyl (C=O) groups excluding carboxylic acids is 1. The van der Waals surface area contributed by atoms with Gasteiger partial charge in [-0.1, -0.05) is 17.7 Å². The number of rotatable bonds is 7. The zero-order valence-corrected chi connectivity index (χ0v) is 10.1. The molecule has 0 unspecified atom stereocenters. The molecule has 0 atom stereocenters. The SMILES string of the molecule is COCCONC(=O)COc1ccc(C)cc1. The van der Waals surface area contributed by atoms with E-state index < -0.39 is 0 Å². The van der Waals surface area contributed by atoms with Crippen LogP contribution in [0.5, 0.6) is 5.75 Å². The zero-order chi connectivity index (χ0) is 12.5. The second-order valence-corrected chi connectivity index (χ2v) is 3.47. The third-order valence-corrected chi connectivity index (χ3v) is 1.97. The molecule has 0 aliphatic rings. The summed E-state index contributed by atoms with van der Waals surface area (Å²) >= 11 is 0. The fraction of sp³-hybridized carbons (Fsp3) is 0.417. The van der Waals surface area contributed by atoms with E-state index in [9.17, 15) is 4.79 Å². The number of methoxy groups -OCH3 is 1. The smallest absolute Gasteiger partial charge is 0.281 e. The maximum atomic E-state index is 11.2. The Balaban J connectivity index is 2.17. The summed E-state index contributed by atoms with van der Waals surface area (Å²) < 4.78 is 10.0. The zero-order valence-electron chi connectivity index (χ0n) is 10.1. The summed E-state index contributed by atoms with van der Waals surface area (Å²) in [5, 5.41) is 0. The van der Waals surface area contributed by atoms with Crippen molar-refractivity contribution in [3.05, 3.63) is 29.8 Å². The minimum atomic E-state index is -0.332. The minimum absolute atomic E-state index is 0.0734. The predicted molar refractivity (Wildman–Crippen MR) is 62.6 cm³/mol. The van der Waals surface area contributed by atoms with E-state index in [2.05, 4.69) is 5.48 Å². The van der Waals surface area contributed by atoms with Gasteiger partial charge in [0.05, 0.1) is 13.2 Å². The van der Waals surface area contributed by atoms with Gasteiger partial charge in [0.15, 0.2) is 6.61 Å². The molecule has 1 aromatic rings. The lowest BCUT2D eigenvalue weighted by Crippen LogP contribution is -2.30. The number of hydrogen-bond acceptors (Lipinski definition) is 4. The van der Waals surface area contributed by atoms with Gasteiger partial charge in [-0.15, -0.1) is 0 Å². The molecule has 5 nitrogen and oxygen atoms in total. The standard InChI is InChI=1S/C12H17NO4/c1-10-3-5-11(6-4-10)16-9-12(14)13-17-8-7-15-2/h3-6H,7-9H2,1-2H3,(H,13,14). The highest BCUT2D eigenvalue weighted by atomic mass is 16.7. The van der Waals surface area contributed by atoms with Crippen molar-refractivity contribution < 1.29 is 19.1 Å². The summed E-state index contributed by atoms with van der Waals surface area (Å²) in [5.74, 6) is 0.323. The second-order valence-electron chi connectivity index (χ2n) is 3.47. The lowest BCUT2D eigenvalue weighted by molar-refractivity contribution is -0.136. The summed E-state index contributed by atoms with van der Waals surface area (Å²) in [6.45, 7) is 2.65. The monoisotopic (exact) mass is 239 g/mol. The van der Waals surface area contributed by atoms with Gasteiger partial charge in [-0.05, 0) is 19.1 Å². The summed E-state index contributed by atoms with van der Waals surface area (Å²) in [6.07, 6.45) is 0. The van der Waals surface area contributed by atoms with Crippen molar-refractivity contribution >= 4 is 5.91 Å². The molecule has 0 saturated carbocycles. The van der Waals surface area contributed by atoms with Gasteiger partial charge in [-0.2, -0.15) is 0 Å². The van der Waals surface area contributed by atoms with Crippen LogP contribution in [0.1, 0.15) is 5.56 Å². The number of benzene rings is 1. The number of hydrogen-bond donors (Lipinski definition) is 1. The Morgan fingerprint density at radius 2 is 1.94 bits per heavy atom. The van der Waals surface area contributed by atoms with Crippen molar-refractivity contribution in [3.63, 3.8) is 0 Å². The Bertz CT molecular complexity index is 337. The van der Waals surface area contributed by atoms with E-state index in [0.29, 0.717) is 19.0 Å². The number of hydroxylamine groups is 1. The van der Waals surface area contributed by atoms with E-state index >= 15 is 0 Å². The van der Waals surface area contributed by atoms with Crippen molar-refractivity contribution in [1.29, 1.82) is 0 Å². The fourth-order valence-electron chi connectivity index (χ4n) is 1.07. The summed E-state index contributed by atoms with van der Waals surface area (Å²) in [5.41, 5.74) is 3.40. The molecule has 1 amide bonds. The number of ether oxygens (including phenoxy) is 2. The van der Waals surface area contributed by atoms with Crippen LogP contribution in [0.3, 0.4) is 0 Å². The fourth-order valence-corrected chi connectivity index (χ4v) is 1.07. The van der Waals surface area contributed by atoms with Gasteiger partial charge in [-0.25, -0.2) is 5.48 Å². The molecule has 0 aromatic heterocycles. The molecule has 1 rings (SSSR count). The topological polar surface area (TPSA) is 56.8 Å². The van der Waals surface area contributed by atoms with E-state index in [1.54, 1.807) is 7.11 Å². The Hall–Kier alpha value is -1.59. The maximum Gasteiger partial charge on any atom is 0.281 e. The number of carbonyl (C=O) groups is 1. The van der Waals surface area contributed by atoms with Crippen molar-refractivity contribution in [1.82, 2.24) is 5.48 Å². The molecule has 17 heavy (non-hydrogen) atoms. The number of amides is 1. The summed E-state index contributed by atoms with van der Waals surface area (Å²) in [6, 6.07) is 7.47. The highest BCUT2D eigenvalue weighted by molar-refractivity contribution is 5.76. The second kappa shape index (κ2) is 7.65. The molecule has 0 radical (unpaired) electrons. The van der Waals surface area contributed by atoms with E-state index in [4.69, 9.17) is 14.3 Å². The first-order valence-electron chi connectivity index (χ1n) is 5.31. The van der Waals surface area contributed by atoms with Gasteiger partial charge in [0.25, 0.3) is 5.91 Å². The van der Waals surface area contributed by atoms with Gasteiger partial charge >= 0.3 is 0 Å². The predicted octanol–water partition coefficient (Wildman–Crippen LogP) is 1.07.